The molecule has 182 valence electrons. The minimum atomic E-state index is -0.237. The van der Waals surface area contributed by atoms with E-state index in [1.165, 1.54) is 53.3 Å². The van der Waals surface area contributed by atoms with Gasteiger partial charge in [-0.1, -0.05) is 28.1 Å². The van der Waals surface area contributed by atoms with Gasteiger partial charge in [0.2, 0.25) is 0 Å². The van der Waals surface area contributed by atoms with Gasteiger partial charge in [-0.25, -0.2) is 4.79 Å². The van der Waals surface area contributed by atoms with E-state index in [0.717, 1.165) is 56.0 Å². The SMILES string of the molecule is CC1OC(/C=C2/CC3(CCN(C(=O)NC4C5CC6CC(C5)CC4C6)CC3)c3c(Br)cccc32)O1. The molecule has 0 unspecified atom stereocenters. The molecule has 2 amide bonds. The number of halogens is 1. The second-order valence-corrected chi connectivity index (χ2v) is 12.8. The lowest BCUT2D eigenvalue weighted by molar-refractivity contribution is -0.354. The van der Waals surface area contributed by atoms with Crippen LogP contribution in [0.5, 0.6) is 0 Å². The predicted octanol–water partition coefficient (Wildman–Crippen LogP) is 5.82. The lowest BCUT2D eigenvalue weighted by atomic mass is 9.54. The van der Waals surface area contributed by atoms with Gasteiger partial charge in [-0.2, -0.15) is 0 Å². The molecule has 5 aliphatic carbocycles. The maximum Gasteiger partial charge on any atom is 0.317 e. The molecule has 0 radical (unpaired) electrons. The molecular formula is C28H35BrN2O3. The highest BCUT2D eigenvalue weighted by Gasteiger charge is 2.50. The zero-order valence-electron chi connectivity index (χ0n) is 20.0. The van der Waals surface area contributed by atoms with Crippen molar-refractivity contribution in [2.45, 2.75) is 82.3 Å². The van der Waals surface area contributed by atoms with Gasteiger partial charge in [0, 0.05) is 29.0 Å². The second kappa shape index (κ2) is 8.07. The van der Waals surface area contributed by atoms with Gasteiger partial charge in [-0.15, -0.1) is 0 Å². The van der Waals surface area contributed by atoms with Gasteiger partial charge in [-0.05, 0) is 111 Å². The van der Waals surface area contributed by atoms with Gasteiger partial charge in [0.15, 0.2) is 12.6 Å². The molecule has 1 aromatic rings. The van der Waals surface area contributed by atoms with E-state index in [4.69, 9.17) is 9.47 Å². The summed E-state index contributed by atoms with van der Waals surface area (Å²) in [5.41, 5.74) is 4.12. The summed E-state index contributed by atoms with van der Waals surface area (Å²) >= 11 is 3.86. The van der Waals surface area contributed by atoms with Gasteiger partial charge in [0.25, 0.3) is 0 Å². The lowest BCUT2D eigenvalue weighted by Gasteiger charge is -2.54. The number of carbonyl (C=O) groups is 1. The summed E-state index contributed by atoms with van der Waals surface area (Å²) in [6.45, 7) is 3.57. The maximum absolute atomic E-state index is 13.4. The minimum absolute atomic E-state index is 0.0794. The summed E-state index contributed by atoms with van der Waals surface area (Å²) in [7, 11) is 0. The average Bonchev–Trinajstić information content (AvgIpc) is 3.09. The first-order valence-electron chi connectivity index (χ1n) is 13.3. The lowest BCUT2D eigenvalue weighted by Crippen LogP contribution is -2.59. The van der Waals surface area contributed by atoms with Crippen LogP contribution in [0.25, 0.3) is 5.57 Å². The van der Waals surface area contributed by atoms with E-state index in [-0.39, 0.29) is 24.0 Å². The third kappa shape index (κ3) is 3.50. The standard InChI is InChI=1S/C28H35BrN2O3/c1-16-33-24(34-16)14-21-15-28(25-22(21)3-2-4-23(25)29)5-7-31(8-6-28)27(32)30-26-19-10-17-9-18(12-19)13-20(26)11-17/h2-4,14,16-20,24,26H,5-13,15H2,1H3,(H,30,32)/b21-14-. The van der Waals surface area contributed by atoms with Gasteiger partial charge in [0.05, 0.1) is 0 Å². The molecule has 4 saturated carbocycles. The summed E-state index contributed by atoms with van der Waals surface area (Å²) in [5.74, 6) is 3.32. The van der Waals surface area contributed by atoms with Gasteiger partial charge in [-0.3, -0.25) is 0 Å². The number of nitrogens with zero attached hydrogens (tertiary/aromatic N) is 1. The van der Waals surface area contributed by atoms with Crippen LogP contribution in [0.4, 0.5) is 4.79 Å². The monoisotopic (exact) mass is 526 g/mol. The first kappa shape index (κ1) is 21.9. The average molecular weight is 528 g/mol. The molecule has 1 spiro atoms. The molecule has 0 aromatic heterocycles. The Kier molecular flexibility index (Phi) is 5.19. The van der Waals surface area contributed by atoms with Gasteiger partial charge >= 0.3 is 6.03 Å². The van der Waals surface area contributed by atoms with Crippen molar-refractivity contribution in [1.29, 1.82) is 0 Å². The van der Waals surface area contributed by atoms with Crippen LogP contribution >= 0.6 is 15.9 Å². The molecule has 6 heteroatoms. The maximum atomic E-state index is 13.4. The number of hydrogen-bond donors (Lipinski definition) is 1. The third-order valence-electron chi connectivity index (χ3n) is 9.93. The minimum Gasteiger partial charge on any atom is -0.335 e. The number of nitrogens with one attached hydrogen (secondary N) is 1. The van der Waals surface area contributed by atoms with Gasteiger partial charge < -0.3 is 19.7 Å². The van der Waals surface area contributed by atoms with Crippen molar-refractivity contribution >= 4 is 27.5 Å². The Labute approximate surface area is 210 Å². The van der Waals surface area contributed by atoms with Crippen molar-refractivity contribution < 1.29 is 14.3 Å². The fourth-order valence-electron chi connectivity index (χ4n) is 8.62. The Morgan fingerprint density at radius 2 is 1.76 bits per heavy atom. The second-order valence-electron chi connectivity index (χ2n) is 11.9. The van der Waals surface area contributed by atoms with Crippen LogP contribution in [-0.4, -0.2) is 42.6 Å². The fraction of sp³-hybridized carbons (Fsp3) is 0.679. The Balaban J connectivity index is 1.05. The van der Waals surface area contributed by atoms with E-state index < -0.39 is 0 Å². The number of fused-ring (bicyclic) bond motifs is 2. The fourth-order valence-corrected chi connectivity index (χ4v) is 9.40. The number of ether oxygens (including phenoxy) is 2. The van der Waals surface area contributed by atoms with Crippen molar-refractivity contribution in [2.75, 3.05) is 13.1 Å². The van der Waals surface area contributed by atoms with E-state index in [9.17, 15) is 4.79 Å². The highest BCUT2D eigenvalue weighted by Crippen LogP contribution is 2.55. The number of likely N-dealkylation sites (tertiary alicyclic amines) is 1. The van der Waals surface area contributed by atoms with Crippen LogP contribution in [0.3, 0.4) is 0 Å². The molecule has 5 nitrogen and oxygen atoms in total. The number of amides is 2. The summed E-state index contributed by atoms with van der Waals surface area (Å²) < 4.78 is 12.6. The number of piperidine rings is 1. The smallest absolute Gasteiger partial charge is 0.317 e. The largest absolute Gasteiger partial charge is 0.335 e. The van der Waals surface area contributed by atoms with Crippen molar-refractivity contribution in [3.05, 3.63) is 39.9 Å². The van der Waals surface area contributed by atoms with E-state index in [1.807, 2.05) is 6.92 Å². The molecule has 1 N–H and O–H groups in total. The molecule has 7 aliphatic rings. The zero-order valence-corrected chi connectivity index (χ0v) is 21.6. The number of allylic oxidation sites excluding steroid dienone is 1. The number of rotatable bonds is 2. The van der Waals surface area contributed by atoms with E-state index >= 15 is 0 Å². The highest BCUT2D eigenvalue weighted by atomic mass is 79.9. The quantitative estimate of drug-likeness (QED) is 0.527. The van der Waals surface area contributed by atoms with Crippen molar-refractivity contribution in [3.63, 3.8) is 0 Å². The van der Waals surface area contributed by atoms with Crippen LogP contribution in [0.15, 0.2) is 28.7 Å². The Hall–Kier alpha value is -1.37. The number of hydrogen-bond acceptors (Lipinski definition) is 3. The highest BCUT2D eigenvalue weighted by molar-refractivity contribution is 9.10. The van der Waals surface area contributed by atoms with Crippen molar-refractivity contribution in [3.8, 4) is 0 Å². The normalized spacial score (nSPS) is 40.5. The zero-order chi connectivity index (χ0) is 23.0. The summed E-state index contributed by atoms with van der Waals surface area (Å²) in [4.78, 5) is 15.4. The van der Waals surface area contributed by atoms with Crippen LogP contribution in [0.1, 0.15) is 69.4 Å². The molecule has 1 aromatic carbocycles. The molecule has 34 heavy (non-hydrogen) atoms. The van der Waals surface area contributed by atoms with Crippen LogP contribution in [-0.2, 0) is 14.9 Å². The summed E-state index contributed by atoms with van der Waals surface area (Å²) in [6, 6.07) is 7.10. The van der Waals surface area contributed by atoms with Crippen LogP contribution in [0.2, 0.25) is 0 Å². The molecule has 8 rings (SSSR count). The molecule has 2 saturated heterocycles. The molecule has 2 heterocycles. The number of carbonyl (C=O) groups excluding carboxylic acids is 1. The summed E-state index contributed by atoms with van der Waals surface area (Å²) in [6.07, 6.45) is 11.6. The first-order chi connectivity index (χ1) is 16.5. The van der Waals surface area contributed by atoms with E-state index in [2.05, 4.69) is 50.4 Å². The molecule has 2 aliphatic heterocycles. The van der Waals surface area contributed by atoms with Crippen molar-refractivity contribution in [1.82, 2.24) is 10.2 Å². The van der Waals surface area contributed by atoms with Gasteiger partial charge in [0.1, 0.15) is 0 Å². The molecule has 0 atom stereocenters. The predicted molar refractivity (Wildman–Crippen MR) is 134 cm³/mol. The molecule has 4 bridgehead atoms. The first-order valence-corrected chi connectivity index (χ1v) is 14.1. The number of urea groups is 1. The molecule has 6 fully saturated rings. The topological polar surface area (TPSA) is 50.8 Å². The Bertz CT molecular complexity index is 996. The Morgan fingerprint density at radius 3 is 2.41 bits per heavy atom. The third-order valence-corrected chi connectivity index (χ3v) is 10.6. The molecular weight excluding hydrogens is 492 g/mol. The van der Waals surface area contributed by atoms with Crippen LogP contribution in [0, 0.1) is 23.7 Å². The van der Waals surface area contributed by atoms with Crippen molar-refractivity contribution in [2.24, 2.45) is 23.7 Å². The number of benzene rings is 1. The summed E-state index contributed by atoms with van der Waals surface area (Å²) in [5, 5.41) is 3.53. The van der Waals surface area contributed by atoms with Crippen LogP contribution < -0.4 is 5.32 Å². The Morgan fingerprint density at radius 1 is 1.09 bits per heavy atom. The van der Waals surface area contributed by atoms with E-state index in [0.29, 0.717) is 6.04 Å². The van der Waals surface area contributed by atoms with E-state index in [1.54, 1.807) is 0 Å².